The molecule has 0 saturated carbocycles. The Bertz CT molecular complexity index is 1050. The topological polar surface area (TPSA) is 53.4 Å². The average Bonchev–Trinajstić information content (AvgIpc) is 2.88. The summed E-state index contributed by atoms with van der Waals surface area (Å²) in [5, 5.41) is 10.7. The summed E-state index contributed by atoms with van der Waals surface area (Å²) >= 11 is 6.60. The van der Waals surface area contributed by atoms with E-state index >= 15 is 0 Å². The van der Waals surface area contributed by atoms with Crippen LogP contribution in [0.5, 0.6) is 5.75 Å². The standard InChI is InChI=1S/C19H12N2O2S2/c22-15-5-1-4-14(11-15)21-18(23)17(25-19(21)24)10-12-6-7-13-3-2-8-20-16(13)9-12/h1-11,22H. The number of hydrogen-bond acceptors (Lipinski definition) is 5. The van der Waals surface area contributed by atoms with Gasteiger partial charge in [0.25, 0.3) is 5.91 Å². The molecule has 1 aliphatic heterocycles. The van der Waals surface area contributed by atoms with Gasteiger partial charge in [0.15, 0.2) is 4.32 Å². The fraction of sp³-hybridized carbons (Fsp3) is 0. The van der Waals surface area contributed by atoms with Gasteiger partial charge in [0, 0.05) is 17.6 Å². The number of fused-ring (bicyclic) bond motifs is 1. The normalized spacial score (nSPS) is 16.2. The van der Waals surface area contributed by atoms with Crippen LogP contribution in [0.25, 0.3) is 17.0 Å². The molecular formula is C19H12N2O2S2. The van der Waals surface area contributed by atoms with Gasteiger partial charge in [-0.2, -0.15) is 0 Å². The molecule has 2 aromatic carbocycles. The fourth-order valence-electron chi connectivity index (χ4n) is 2.65. The van der Waals surface area contributed by atoms with E-state index in [9.17, 15) is 9.90 Å². The molecule has 4 nitrogen and oxygen atoms in total. The first-order valence-corrected chi connectivity index (χ1v) is 8.76. The lowest BCUT2D eigenvalue weighted by Crippen LogP contribution is -2.27. The number of rotatable bonds is 2. The maximum Gasteiger partial charge on any atom is 0.270 e. The number of carbonyl (C=O) groups excluding carboxylic acids is 1. The first kappa shape index (κ1) is 15.8. The SMILES string of the molecule is O=C1C(=Cc2ccc3cccnc3c2)SC(=S)N1c1cccc(O)c1. The Hall–Kier alpha value is -2.70. The van der Waals surface area contributed by atoms with Crippen molar-refractivity contribution in [2.75, 3.05) is 4.90 Å². The van der Waals surface area contributed by atoms with Crippen molar-refractivity contribution in [1.29, 1.82) is 0 Å². The van der Waals surface area contributed by atoms with Crippen molar-refractivity contribution in [2.45, 2.75) is 0 Å². The molecule has 25 heavy (non-hydrogen) atoms. The minimum Gasteiger partial charge on any atom is -0.508 e. The number of aromatic hydroxyl groups is 1. The van der Waals surface area contributed by atoms with Crippen LogP contribution in [0.4, 0.5) is 5.69 Å². The third-order valence-corrected chi connectivity index (χ3v) is 5.11. The zero-order valence-electron chi connectivity index (χ0n) is 12.9. The largest absolute Gasteiger partial charge is 0.508 e. The molecule has 1 fully saturated rings. The Labute approximate surface area is 153 Å². The van der Waals surface area contributed by atoms with E-state index in [0.717, 1.165) is 16.5 Å². The average molecular weight is 364 g/mol. The van der Waals surface area contributed by atoms with Crippen molar-refractivity contribution in [3.63, 3.8) is 0 Å². The maximum absolute atomic E-state index is 12.7. The van der Waals surface area contributed by atoms with Crippen LogP contribution in [-0.4, -0.2) is 20.3 Å². The first-order chi connectivity index (χ1) is 12.1. The van der Waals surface area contributed by atoms with Gasteiger partial charge in [-0.1, -0.05) is 48.2 Å². The number of carbonyl (C=O) groups is 1. The predicted octanol–water partition coefficient (Wildman–Crippen LogP) is 4.35. The van der Waals surface area contributed by atoms with Crippen molar-refractivity contribution < 1.29 is 9.90 Å². The van der Waals surface area contributed by atoms with Crippen molar-refractivity contribution in [2.24, 2.45) is 0 Å². The summed E-state index contributed by atoms with van der Waals surface area (Å²) < 4.78 is 0.445. The summed E-state index contributed by atoms with van der Waals surface area (Å²) in [5.74, 6) is -0.0992. The van der Waals surface area contributed by atoms with Crippen LogP contribution in [0.1, 0.15) is 5.56 Å². The third-order valence-electron chi connectivity index (χ3n) is 3.81. The number of benzene rings is 2. The Balaban J connectivity index is 1.69. The number of aromatic nitrogens is 1. The van der Waals surface area contributed by atoms with Crippen LogP contribution in [0.15, 0.2) is 65.7 Å². The molecule has 4 rings (SSSR count). The van der Waals surface area contributed by atoms with Gasteiger partial charge in [-0.15, -0.1) is 0 Å². The quantitative estimate of drug-likeness (QED) is 0.541. The highest BCUT2D eigenvalue weighted by Gasteiger charge is 2.33. The Kier molecular flexibility index (Phi) is 3.99. The molecule has 3 aromatic rings. The van der Waals surface area contributed by atoms with Crippen molar-refractivity contribution >= 4 is 56.9 Å². The molecule has 0 spiro atoms. The molecule has 122 valence electrons. The molecule has 1 amide bonds. The predicted molar refractivity (Wildman–Crippen MR) is 106 cm³/mol. The molecule has 0 bridgehead atoms. The van der Waals surface area contributed by atoms with E-state index in [1.807, 2.05) is 36.4 Å². The molecule has 0 atom stereocenters. The summed E-state index contributed by atoms with van der Waals surface area (Å²) in [7, 11) is 0. The number of phenolic OH excluding ortho intramolecular Hbond substituents is 1. The van der Waals surface area contributed by atoms with Crippen LogP contribution in [-0.2, 0) is 4.79 Å². The van der Waals surface area contributed by atoms with Crippen LogP contribution >= 0.6 is 24.0 Å². The molecule has 0 radical (unpaired) electrons. The molecular weight excluding hydrogens is 352 g/mol. The number of pyridine rings is 1. The number of nitrogens with zero attached hydrogens (tertiary/aromatic N) is 2. The van der Waals surface area contributed by atoms with Gasteiger partial charge >= 0.3 is 0 Å². The van der Waals surface area contributed by atoms with Gasteiger partial charge in [0.1, 0.15) is 5.75 Å². The number of anilines is 1. The summed E-state index contributed by atoms with van der Waals surface area (Å²) in [6.45, 7) is 0. The van der Waals surface area contributed by atoms with Crippen LogP contribution in [0, 0.1) is 0 Å². The zero-order chi connectivity index (χ0) is 17.4. The minimum absolute atomic E-state index is 0.0936. The second-order valence-electron chi connectivity index (χ2n) is 5.49. The zero-order valence-corrected chi connectivity index (χ0v) is 14.6. The van der Waals surface area contributed by atoms with E-state index < -0.39 is 0 Å². The smallest absolute Gasteiger partial charge is 0.270 e. The van der Waals surface area contributed by atoms with Crippen molar-refractivity contribution in [1.82, 2.24) is 4.98 Å². The minimum atomic E-state index is -0.193. The van der Waals surface area contributed by atoms with Gasteiger partial charge < -0.3 is 5.11 Å². The molecule has 0 aliphatic carbocycles. The monoisotopic (exact) mass is 364 g/mol. The third kappa shape index (κ3) is 3.01. The summed E-state index contributed by atoms with van der Waals surface area (Å²) in [5.41, 5.74) is 2.33. The molecule has 6 heteroatoms. The van der Waals surface area contributed by atoms with Crippen LogP contribution in [0.2, 0.25) is 0 Å². The highest BCUT2D eigenvalue weighted by Crippen LogP contribution is 2.37. The lowest BCUT2D eigenvalue weighted by molar-refractivity contribution is -0.113. The number of thioether (sulfide) groups is 1. The van der Waals surface area contributed by atoms with Crippen LogP contribution < -0.4 is 4.90 Å². The van der Waals surface area contributed by atoms with E-state index in [1.165, 1.54) is 22.7 Å². The molecule has 0 unspecified atom stereocenters. The van der Waals surface area contributed by atoms with Gasteiger partial charge in [-0.3, -0.25) is 14.7 Å². The summed E-state index contributed by atoms with van der Waals surface area (Å²) in [6.07, 6.45) is 3.56. The molecule has 1 saturated heterocycles. The molecule has 1 N–H and O–H groups in total. The van der Waals surface area contributed by atoms with Crippen molar-refractivity contribution in [3.8, 4) is 5.75 Å². The second-order valence-corrected chi connectivity index (χ2v) is 7.17. The van der Waals surface area contributed by atoms with Crippen LogP contribution in [0.3, 0.4) is 0 Å². The summed E-state index contributed by atoms with van der Waals surface area (Å²) in [4.78, 5) is 19.1. The highest BCUT2D eigenvalue weighted by atomic mass is 32.2. The maximum atomic E-state index is 12.7. The Morgan fingerprint density at radius 2 is 2.00 bits per heavy atom. The molecule has 2 heterocycles. The Morgan fingerprint density at radius 1 is 1.12 bits per heavy atom. The highest BCUT2D eigenvalue weighted by molar-refractivity contribution is 8.27. The molecule has 1 aromatic heterocycles. The number of phenols is 1. The van der Waals surface area contributed by atoms with Gasteiger partial charge in [0.2, 0.25) is 0 Å². The van der Waals surface area contributed by atoms with E-state index in [0.29, 0.717) is 14.9 Å². The van der Waals surface area contributed by atoms with E-state index in [2.05, 4.69) is 4.98 Å². The Morgan fingerprint density at radius 3 is 2.84 bits per heavy atom. The van der Waals surface area contributed by atoms with E-state index in [-0.39, 0.29) is 11.7 Å². The molecule has 1 aliphatic rings. The lowest BCUT2D eigenvalue weighted by Gasteiger charge is -2.14. The summed E-state index contributed by atoms with van der Waals surface area (Å²) in [6, 6.07) is 16.3. The van der Waals surface area contributed by atoms with Gasteiger partial charge in [-0.25, -0.2) is 0 Å². The number of amides is 1. The number of thiocarbonyl (C=S) groups is 1. The van der Waals surface area contributed by atoms with Gasteiger partial charge in [0.05, 0.1) is 16.1 Å². The first-order valence-electron chi connectivity index (χ1n) is 7.53. The lowest BCUT2D eigenvalue weighted by atomic mass is 10.1. The second kappa shape index (κ2) is 6.31. The number of hydrogen-bond donors (Lipinski definition) is 1. The van der Waals surface area contributed by atoms with Gasteiger partial charge in [-0.05, 0) is 35.9 Å². The van der Waals surface area contributed by atoms with E-state index in [1.54, 1.807) is 24.4 Å². The van der Waals surface area contributed by atoms with E-state index in [4.69, 9.17) is 12.2 Å². The van der Waals surface area contributed by atoms with Crippen molar-refractivity contribution in [3.05, 3.63) is 71.3 Å². The fourth-order valence-corrected chi connectivity index (χ4v) is 3.95.